The molecule has 4 rings (SSSR count). The first-order valence-corrected chi connectivity index (χ1v) is 14.1. The quantitative estimate of drug-likeness (QED) is 0.137. The second-order valence-corrected chi connectivity index (χ2v) is 11.4. The Bertz CT molecular complexity index is 1560. The number of benzene rings is 3. The van der Waals surface area contributed by atoms with Crippen LogP contribution in [0.5, 0.6) is 11.5 Å². The Balaban J connectivity index is 1.70. The number of rotatable bonds is 8. The summed E-state index contributed by atoms with van der Waals surface area (Å²) in [6.07, 6.45) is 1.63. The maximum absolute atomic E-state index is 13.3. The molecule has 0 bridgehead atoms. The smallest absolute Gasteiger partial charge is 0.282 e. The minimum Gasteiger partial charge on any atom is -0.490 e. The Labute approximate surface area is 246 Å². The highest BCUT2D eigenvalue weighted by atomic mass is 127. The summed E-state index contributed by atoms with van der Waals surface area (Å²) in [5.41, 5.74) is 1.97. The molecule has 0 aliphatic heterocycles. The van der Waals surface area contributed by atoms with E-state index in [1.165, 1.54) is 4.68 Å². The summed E-state index contributed by atoms with van der Waals surface area (Å²) in [7, 11) is 0. The number of fused-ring (bicyclic) bond motifs is 1. The Morgan fingerprint density at radius 1 is 1.14 bits per heavy atom. The van der Waals surface area contributed by atoms with Crippen molar-refractivity contribution in [2.75, 3.05) is 6.61 Å². The van der Waals surface area contributed by atoms with Gasteiger partial charge in [0.1, 0.15) is 12.4 Å². The lowest BCUT2D eigenvalue weighted by Gasteiger charge is -2.15. The third-order valence-electron chi connectivity index (χ3n) is 5.39. The normalized spacial score (nSPS) is 11.6. The van der Waals surface area contributed by atoms with Crippen LogP contribution in [0.1, 0.15) is 43.6 Å². The van der Waals surface area contributed by atoms with Crippen LogP contribution in [0.15, 0.2) is 62.9 Å². The Hall–Kier alpha value is -2.14. The molecule has 37 heavy (non-hydrogen) atoms. The molecule has 4 aromatic rings. The Morgan fingerprint density at radius 2 is 1.92 bits per heavy atom. The standard InChI is InChI=1S/C27H23BrCl2IN3O3/c1-4-36-24-10-16(9-22(31)25(24)37-14-17-5-7-19(29)12-21(17)30)13-32-34-26(15(2)3)33-23-8-6-18(28)11-20(23)27(34)35/h5-13,15H,4,14H2,1-3H3. The summed E-state index contributed by atoms with van der Waals surface area (Å²) in [5.74, 6) is 1.74. The molecule has 0 radical (unpaired) electrons. The SMILES string of the molecule is CCOc1cc(C=Nn2c(C(C)C)nc3ccc(Br)cc3c2=O)cc(I)c1OCc1ccc(Cl)cc1Cl. The highest BCUT2D eigenvalue weighted by Gasteiger charge is 2.16. The summed E-state index contributed by atoms with van der Waals surface area (Å²) in [4.78, 5) is 18.0. The van der Waals surface area contributed by atoms with Gasteiger partial charge in [-0.1, -0.05) is 59.0 Å². The lowest BCUT2D eigenvalue weighted by molar-refractivity contribution is 0.267. The summed E-state index contributed by atoms with van der Waals surface area (Å²) in [5, 5.41) is 6.12. The van der Waals surface area contributed by atoms with Crippen molar-refractivity contribution in [3.63, 3.8) is 0 Å². The molecular weight excluding hydrogens is 692 g/mol. The van der Waals surface area contributed by atoms with Crippen LogP contribution < -0.4 is 15.0 Å². The maximum Gasteiger partial charge on any atom is 0.282 e. The second kappa shape index (κ2) is 12.1. The van der Waals surface area contributed by atoms with E-state index in [1.54, 1.807) is 24.4 Å². The fourth-order valence-corrected chi connectivity index (χ4v) is 5.23. The molecule has 0 spiro atoms. The third kappa shape index (κ3) is 6.47. The third-order valence-corrected chi connectivity index (χ3v) is 7.27. The molecule has 0 aliphatic carbocycles. The van der Waals surface area contributed by atoms with Crippen LogP contribution in [0.4, 0.5) is 0 Å². The molecule has 0 saturated carbocycles. The highest BCUT2D eigenvalue weighted by Crippen LogP contribution is 2.35. The molecule has 0 unspecified atom stereocenters. The predicted molar refractivity (Wildman–Crippen MR) is 162 cm³/mol. The van der Waals surface area contributed by atoms with Gasteiger partial charge in [-0.05, 0) is 77.5 Å². The number of halogens is 4. The molecule has 0 saturated heterocycles. The van der Waals surface area contributed by atoms with Crippen LogP contribution in [0.2, 0.25) is 10.0 Å². The lowest BCUT2D eigenvalue weighted by atomic mass is 10.2. The molecule has 1 aromatic heterocycles. The van der Waals surface area contributed by atoms with E-state index in [1.807, 2.05) is 51.1 Å². The van der Waals surface area contributed by atoms with Gasteiger partial charge in [-0.15, -0.1) is 0 Å². The molecule has 0 atom stereocenters. The van der Waals surface area contributed by atoms with Crippen LogP contribution >= 0.6 is 61.7 Å². The number of hydrogen-bond donors (Lipinski definition) is 0. The van der Waals surface area contributed by atoms with Crippen molar-refractivity contribution in [2.45, 2.75) is 33.3 Å². The fourth-order valence-electron chi connectivity index (χ4n) is 3.63. The van der Waals surface area contributed by atoms with Gasteiger partial charge in [-0.3, -0.25) is 4.79 Å². The van der Waals surface area contributed by atoms with Crippen molar-refractivity contribution >= 4 is 78.8 Å². The van der Waals surface area contributed by atoms with Gasteiger partial charge >= 0.3 is 0 Å². The summed E-state index contributed by atoms with van der Waals surface area (Å²) in [6, 6.07) is 14.5. The number of nitrogens with zero attached hydrogens (tertiary/aromatic N) is 3. The van der Waals surface area contributed by atoms with Crippen molar-refractivity contribution in [1.82, 2.24) is 9.66 Å². The van der Waals surface area contributed by atoms with Crippen molar-refractivity contribution < 1.29 is 9.47 Å². The molecule has 1 heterocycles. The zero-order valence-corrected chi connectivity index (χ0v) is 25.5. The molecule has 0 fully saturated rings. The van der Waals surface area contributed by atoms with Crippen LogP contribution in [-0.2, 0) is 6.61 Å². The molecule has 6 nitrogen and oxygen atoms in total. The molecule has 0 aliphatic rings. The number of hydrogen-bond acceptors (Lipinski definition) is 5. The van der Waals surface area contributed by atoms with Gasteiger partial charge < -0.3 is 9.47 Å². The molecule has 0 amide bonds. The van der Waals surface area contributed by atoms with Crippen molar-refractivity contribution in [1.29, 1.82) is 0 Å². The maximum atomic E-state index is 13.3. The van der Waals surface area contributed by atoms with Crippen molar-refractivity contribution in [3.05, 3.63) is 93.9 Å². The van der Waals surface area contributed by atoms with Crippen molar-refractivity contribution in [2.24, 2.45) is 5.10 Å². The van der Waals surface area contributed by atoms with Gasteiger partial charge in [0.2, 0.25) is 0 Å². The van der Waals surface area contributed by atoms with Crippen LogP contribution in [0, 0.1) is 3.57 Å². The zero-order valence-electron chi connectivity index (χ0n) is 20.3. The summed E-state index contributed by atoms with van der Waals surface area (Å²) in [6.45, 7) is 6.57. The molecule has 0 N–H and O–H groups in total. The molecule has 10 heteroatoms. The van der Waals surface area contributed by atoms with Gasteiger partial charge in [0.05, 0.1) is 27.3 Å². The largest absolute Gasteiger partial charge is 0.490 e. The number of aromatic nitrogens is 2. The monoisotopic (exact) mass is 713 g/mol. The zero-order chi connectivity index (χ0) is 26.7. The van der Waals surface area contributed by atoms with Gasteiger partial charge in [0.15, 0.2) is 11.5 Å². The summed E-state index contributed by atoms with van der Waals surface area (Å²) >= 11 is 17.9. The average Bonchev–Trinajstić information content (AvgIpc) is 2.84. The van der Waals surface area contributed by atoms with Crippen LogP contribution in [-0.4, -0.2) is 22.5 Å². The minimum atomic E-state index is -0.231. The van der Waals surface area contributed by atoms with E-state index in [9.17, 15) is 4.79 Å². The summed E-state index contributed by atoms with van der Waals surface area (Å²) < 4.78 is 15.0. The topological polar surface area (TPSA) is 65.7 Å². The van der Waals surface area contributed by atoms with E-state index in [2.05, 4.69) is 43.6 Å². The fraction of sp³-hybridized carbons (Fsp3) is 0.222. The second-order valence-electron chi connectivity index (χ2n) is 8.44. The van der Waals surface area contributed by atoms with E-state index in [0.29, 0.717) is 44.9 Å². The van der Waals surface area contributed by atoms with Gasteiger partial charge in [0.25, 0.3) is 5.56 Å². The van der Waals surface area contributed by atoms with Crippen molar-refractivity contribution in [3.8, 4) is 11.5 Å². The van der Waals surface area contributed by atoms with E-state index < -0.39 is 0 Å². The first kappa shape index (κ1) is 27.9. The first-order valence-electron chi connectivity index (χ1n) is 11.5. The van der Waals surface area contributed by atoms with Gasteiger partial charge in [-0.25, -0.2) is 4.98 Å². The van der Waals surface area contributed by atoms with Gasteiger partial charge in [0, 0.05) is 26.0 Å². The number of ether oxygens (including phenoxy) is 2. The molecule has 3 aromatic carbocycles. The Kier molecular flexibility index (Phi) is 9.15. The highest BCUT2D eigenvalue weighted by molar-refractivity contribution is 14.1. The van der Waals surface area contributed by atoms with Crippen LogP contribution in [0.25, 0.3) is 10.9 Å². The minimum absolute atomic E-state index is 0.00696. The average molecular weight is 715 g/mol. The van der Waals surface area contributed by atoms with E-state index in [4.69, 9.17) is 37.7 Å². The first-order chi connectivity index (χ1) is 17.7. The van der Waals surface area contributed by atoms with Gasteiger partial charge in [-0.2, -0.15) is 9.78 Å². The van der Waals surface area contributed by atoms with E-state index in [-0.39, 0.29) is 18.1 Å². The van der Waals surface area contributed by atoms with Crippen LogP contribution in [0.3, 0.4) is 0 Å². The van der Waals surface area contributed by atoms with E-state index in [0.717, 1.165) is 19.2 Å². The lowest BCUT2D eigenvalue weighted by Crippen LogP contribution is -2.23. The molecular formula is C27H23BrCl2IN3O3. The predicted octanol–water partition coefficient (Wildman–Crippen LogP) is 8.05. The van der Waals surface area contributed by atoms with E-state index >= 15 is 0 Å². The Morgan fingerprint density at radius 3 is 2.62 bits per heavy atom. The molecule has 192 valence electrons.